The number of aliphatic hydroxyl groups excluding tert-OH is 1. The maximum atomic E-state index is 12.0. The van der Waals surface area contributed by atoms with Crippen molar-refractivity contribution >= 4 is 10.8 Å². The Morgan fingerprint density at radius 1 is 1.13 bits per heavy atom. The number of aromatic nitrogens is 1. The molecule has 9 atom stereocenters. The van der Waals surface area contributed by atoms with Gasteiger partial charge in [0.05, 0.1) is 5.60 Å². The quantitative estimate of drug-likeness (QED) is 0.618. The first kappa shape index (κ1) is 22.7. The summed E-state index contributed by atoms with van der Waals surface area (Å²) in [6.07, 6.45) is 17.2. The van der Waals surface area contributed by atoms with Crippen LogP contribution in [0.25, 0.3) is 10.8 Å². The highest BCUT2D eigenvalue weighted by molar-refractivity contribution is 5.82. The number of allylic oxidation sites excluding steroid dienone is 1. The Labute approximate surface area is 225 Å². The van der Waals surface area contributed by atoms with Gasteiger partial charge in [0.25, 0.3) is 0 Å². The molecule has 5 nitrogen and oxygen atoms in total. The molecule has 0 amide bonds. The molecule has 5 heteroatoms. The van der Waals surface area contributed by atoms with Crippen LogP contribution in [0.2, 0.25) is 0 Å². The van der Waals surface area contributed by atoms with Crippen molar-refractivity contribution in [1.82, 2.24) is 9.88 Å². The lowest BCUT2D eigenvalue weighted by molar-refractivity contribution is -0.187. The molecule has 198 valence electrons. The molecule has 4 heterocycles. The Hall–Kier alpha value is -2.05. The van der Waals surface area contributed by atoms with Crippen molar-refractivity contribution in [2.75, 3.05) is 13.1 Å². The van der Waals surface area contributed by atoms with E-state index in [9.17, 15) is 5.11 Å². The molecule has 3 aliphatic heterocycles. The number of benzene rings is 1. The van der Waals surface area contributed by atoms with Crippen LogP contribution in [0.4, 0.5) is 0 Å². The first-order valence-corrected chi connectivity index (χ1v) is 15.0. The van der Waals surface area contributed by atoms with E-state index in [1.165, 1.54) is 40.3 Å². The zero-order chi connectivity index (χ0) is 25.5. The summed E-state index contributed by atoms with van der Waals surface area (Å²) in [5, 5.41) is 14.5. The monoisotopic (exact) mass is 509 g/mol. The van der Waals surface area contributed by atoms with Gasteiger partial charge in [-0.15, -0.1) is 0 Å². The van der Waals surface area contributed by atoms with E-state index in [1.54, 1.807) is 0 Å². The fourth-order valence-electron chi connectivity index (χ4n) is 10.9. The van der Waals surface area contributed by atoms with E-state index in [2.05, 4.69) is 53.2 Å². The summed E-state index contributed by atoms with van der Waals surface area (Å²) >= 11 is 0. The second kappa shape index (κ2) is 7.17. The maximum Gasteiger partial charge on any atom is 0.118 e. The molecule has 3 saturated carbocycles. The normalized spacial score (nSPS) is 48.7. The zero-order valence-electron chi connectivity index (χ0n) is 22.4. The van der Waals surface area contributed by atoms with E-state index in [0.717, 1.165) is 57.5 Å². The number of hydrogen-bond donors (Lipinski definition) is 2. The van der Waals surface area contributed by atoms with Gasteiger partial charge in [0, 0.05) is 48.4 Å². The van der Waals surface area contributed by atoms with Gasteiger partial charge in [-0.05, 0) is 103 Å². The molecule has 38 heavy (non-hydrogen) atoms. The van der Waals surface area contributed by atoms with Crippen LogP contribution in [0.1, 0.15) is 63.9 Å². The number of ether oxygens (including phenoxy) is 1. The third kappa shape index (κ3) is 2.52. The van der Waals surface area contributed by atoms with Crippen molar-refractivity contribution in [3.8, 4) is 0 Å². The van der Waals surface area contributed by atoms with E-state index in [-0.39, 0.29) is 28.5 Å². The standard InChI is InChI=1S/C33H39N3O2/c1-30-9-6-24-15-23-4-5-27(36-13-8-26(34)19-36)29(37)33(23)11-10-32(24,38-33)28(30)16-25-17-31(25,30)22-3-2-20-7-12-35-18-21(20)14-22/h2-3,6-7,12,14-15,18,25-29,37H,4-5,8-11,13,16-17,19,34H2,1H3/t25-,26+,27+,28+,29-,30-,31-,32?,33-/m0/s1. The first-order valence-electron chi connectivity index (χ1n) is 15.0. The molecular weight excluding hydrogens is 470 g/mol. The van der Waals surface area contributed by atoms with E-state index < -0.39 is 11.7 Å². The zero-order valence-corrected chi connectivity index (χ0v) is 22.4. The average molecular weight is 510 g/mol. The maximum absolute atomic E-state index is 12.0. The smallest absolute Gasteiger partial charge is 0.118 e. The minimum atomic E-state index is -0.514. The van der Waals surface area contributed by atoms with Gasteiger partial charge in [-0.25, -0.2) is 0 Å². The summed E-state index contributed by atoms with van der Waals surface area (Å²) in [6, 6.07) is 9.64. The molecule has 1 aromatic heterocycles. The molecule has 1 unspecified atom stereocenters. The molecular formula is C33H39N3O2. The number of nitrogens with two attached hydrogens (primary N) is 1. The van der Waals surface area contributed by atoms with Gasteiger partial charge >= 0.3 is 0 Å². The summed E-state index contributed by atoms with van der Waals surface area (Å²) in [7, 11) is 0. The number of fused-ring (bicyclic) bond motifs is 4. The van der Waals surface area contributed by atoms with Crippen molar-refractivity contribution in [3.63, 3.8) is 0 Å². The van der Waals surface area contributed by atoms with Crippen molar-refractivity contribution in [2.24, 2.45) is 23.0 Å². The molecule has 0 radical (unpaired) electrons. The van der Waals surface area contributed by atoms with Gasteiger partial charge in [-0.2, -0.15) is 0 Å². The van der Waals surface area contributed by atoms with Crippen LogP contribution in [-0.2, 0) is 10.2 Å². The van der Waals surface area contributed by atoms with Crippen LogP contribution in [0.15, 0.2) is 60.0 Å². The summed E-state index contributed by atoms with van der Waals surface area (Å²) in [4.78, 5) is 6.87. The molecule has 7 aliphatic rings. The summed E-state index contributed by atoms with van der Waals surface area (Å²) in [6.45, 7) is 4.47. The third-order valence-corrected chi connectivity index (χ3v) is 12.7. The van der Waals surface area contributed by atoms with E-state index >= 15 is 0 Å². The third-order valence-electron chi connectivity index (χ3n) is 12.7. The molecule has 2 aromatic rings. The highest BCUT2D eigenvalue weighted by Crippen LogP contribution is 2.80. The number of hydrogen-bond acceptors (Lipinski definition) is 5. The Bertz CT molecular complexity index is 1430. The highest BCUT2D eigenvalue weighted by Gasteiger charge is 2.78. The van der Waals surface area contributed by atoms with Gasteiger partial charge in [0.2, 0.25) is 0 Å². The summed E-state index contributed by atoms with van der Waals surface area (Å²) in [5.74, 6) is 1.21. The minimum absolute atomic E-state index is 0.158. The number of pyridine rings is 1. The predicted octanol–water partition coefficient (Wildman–Crippen LogP) is 4.63. The van der Waals surface area contributed by atoms with Crippen molar-refractivity contribution < 1.29 is 9.84 Å². The van der Waals surface area contributed by atoms with Crippen LogP contribution >= 0.6 is 0 Å². The second-order valence-corrected chi connectivity index (χ2v) is 14.0. The molecule has 5 fully saturated rings. The largest absolute Gasteiger partial charge is 0.388 e. The highest BCUT2D eigenvalue weighted by atomic mass is 16.5. The summed E-state index contributed by atoms with van der Waals surface area (Å²) < 4.78 is 7.45. The Morgan fingerprint density at radius 3 is 2.89 bits per heavy atom. The van der Waals surface area contributed by atoms with Crippen LogP contribution in [0.3, 0.4) is 0 Å². The predicted molar refractivity (Wildman–Crippen MR) is 148 cm³/mol. The Kier molecular flexibility index (Phi) is 4.29. The topological polar surface area (TPSA) is 71.6 Å². The molecule has 3 N–H and O–H groups in total. The van der Waals surface area contributed by atoms with Gasteiger partial charge < -0.3 is 15.6 Å². The van der Waals surface area contributed by atoms with Crippen LogP contribution < -0.4 is 5.73 Å². The molecule has 4 aliphatic carbocycles. The van der Waals surface area contributed by atoms with Gasteiger partial charge in [0.1, 0.15) is 11.7 Å². The lowest BCUT2D eigenvalue weighted by Crippen LogP contribution is -2.62. The fourth-order valence-corrected chi connectivity index (χ4v) is 10.9. The van der Waals surface area contributed by atoms with E-state index in [4.69, 9.17) is 10.5 Å². The number of nitrogens with zero attached hydrogens (tertiary/aromatic N) is 2. The molecule has 2 spiro atoms. The van der Waals surface area contributed by atoms with Crippen LogP contribution in [0, 0.1) is 17.3 Å². The molecule has 2 saturated heterocycles. The van der Waals surface area contributed by atoms with E-state index in [1.807, 2.05) is 12.4 Å². The van der Waals surface area contributed by atoms with Gasteiger partial charge in [-0.1, -0.05) is 31.2 Å². The molecule has 9 rings (SSSR count). The van der Waals surface area contributed by atoms with Gasteiger partial charge in [-0.3, -0.25) is 9.88 Å². The Balaban J connectivity index is 1.11. The van der Waals surface area contributed by atoms with E-state index in [0.29, 0.717) is 5.92 Å². The Morgan fingerprint density at radius 2 is 2.03 bits per heavy atom. The number of aliphatic hydroxyl groups is 1. The van der Waals surface area contributed by atoms with Gasteiger partial charge in [0.15, 0.2) is 0 Å². The summed E-state index contributed by atoms with van der Waals surface area (Å²) in [5.41, 5.74) is 10.2. The minimum Gasteiger partial charge on any atom is -0.388 e. The lowest BCUT2D eigenvalue weighted by atomic mass is 9.55. The van der Waals surface area contributed by atoms with Crippen molar-refractivity contribution in [1.29, 1.82) is 0 Å². The fraction of sp³-hybridized carbons (Fsp3) is 0.606. The molecule has 2 bridgehead atoms. The number of likely N-dealkylation sites (tertiary alicyclic amines) is 1. The average Bonchev–Trinajstić information content (AvgIpc) is 3.20. The number of rotatable bonds is 2. The lowest BCUT2D eigenvalue weighted by Gasteiger charge is -2.57. The van der Waals surface area contributed by atoms with Crippen LogP contribution in [0.5, 0.6) is 0 Å². The van der Waals surface area contributed by atoms with Crippen molar-refractivity contribution in [2.45, 2.75) is 93.1 Å². The SMILES string of the molecule is C[C@]12CC=C3C=C4CC[C@@H](N5CC[C@@H](N)C5)[C@H](O)[C@]45CCC3(O5)[C@@H]1C[C@H]1C[C@]12c1ccc2ccncc2c1. The molecule has 1 aromatic carbocycles. The first-order chi connectivity index (χ1) is 18.4. The van der Waals surface area contributed by atoms with Crippen LogP contribution in [-0.4, -0.2) is 57.5 Å². The van der Waals surface area contributed by atoms with Crippen molar-refractivity contribution in [3.05, 3.63) is 65.5 Å². The second-order valence-electron chi connectivity index (χ2n) is 14.0.